The van der Waals surface area contributed by atoms with E-state index in [0.717, 1.165) is 51.5 Å². The Morgan fingerprint density at radius 2 is 1.72 bits per heavy atom. The largest absolute Gasteiger partial charge is 0.508 e. The van der Waals surface area contributed by atoms with E-state index in [1.165, 1.54) is 50.4 Å². The van der Waals surface area contributed by atoms with E-state index in [0.29, 0.717) is 55.1 Å². The molecule has 1 N–H and O–H groups in total. The number of pyridine rings is 1. The standard InChI is InChI=1S/C39H43F2N5O6.C7H12FN/c1-6-9-11-23(12-10-7-2)37(48)51-22(4)52-39(49)46-25-14-15-26(46)21-45(20-25)36-30-19-42-34(33(41)35(30)43-38(44-36)50-5)29-18-27(47)17-24-13-16-31(40)28(8-3)32(24)29;8-6-4-7-2-1-3-9(7)5-6/h3,13,16-19,22-23,25-26,47H,6-7,9-12,14-15,20-21H2,1-2,4-5H3;6-7H,1-5H2/t;6-,7?/m.1/s1. The van der Waals surface area contributed by atoms with Crippen molar-refractivity contribution in [2.75, 3.05) is 38.2 Å². The summed E-state index contributed by atoms with van der Waals surface area (Å²) in [6, 6.07) is 5.36. The molecule has 2 aromatic heterocycles. The average molecular weight is 845 g/mol. The molecule has 4 aromatic rings. The van der Waals surface area contributed by atoms with E-state index in [9.17, 15) is 23.5 Å². The number of nitrogens with zero attached hydrogens (tertiary/aromatic N) is 6. The fourth-order valence-corrected chi connectivity index (χ4v) is 9.46. The van der Waals surface area contributed by atoms with Crippen LogP contribution in [0.25, 0.3) is 32.9 Å². The number of aromatic nitrogens is 3. The van der Waals surface area contributed by atoms with Crippen LogP contribution in [-0.4, -0.2) is 106 Å². The van der Waals surface area contributed by atoms with Crippen LogP contribution in [0, 0.1) is 29.9 Å². The lowest BCUT2D eigenvalue weighted by Gasteiger charge is -2.41. The van der Waals surface area contributed by atoms with E-state index < -0.39 is 30.2 Å². The second-order valence-corrected chi connectivity index (χ2v) is 16.6. The predicted octanol–water partition coefficient (Wildman–Crippen LogP) is 8.69. The molecule has 0 aliphatic carbocycles. The average Bonchev–Trinajstić information content (AvgIpc) is 3.91. The van der Waals surface area contributed by atoms with Crippen LogP contribution in [0.2, 0.25) is 0 Å². The first-order chi connectivity index (χ1) is 29.4. The summed E-state index contributed by atoms with van der Waals surface area (Å²) < 4.78 is 60.6. The summed E-state index contributed by atoms with van der Waals surface area (Å²) in [6.45, 7) is 8.29. The molecule has 0 spiro atoms. The number of hydrogen-bond acceptors (Lipinski definition) is 11. The maximum atomic E-state index is 16.6. The van der Waals surface area contributed by atoms with Crippen molar-refractivity contribution in [3.63, 3.8) is 0 Å². The minimum atomic E-state index is -1.04. The van der Waals surface area contributed by atoms with E-state index in [-0.39, 0.29) is 63.5 Å². The molecule has 4 fully saturated rings. The highest BCUT2D eigenvalue weighted by Gasteiger charge is 2.45. The third-order valence-electron chi connectivity index (χ3n) is 12.4. The first-order valence-corrected chi connectivity index (χ1v) is 21.6. The maximum Gasteiger partial charge on any atom is 0.413 e. The van der Waals surface area contributed by atoms with Gasteiger partial charge in [0.05, 0.1) is 36.1 Å². The van der Waals surface area contributed by atoms with Gasteiger partial charge in [0, 0.05) is 49.7 Å². The normalized spacial score (nSPS) is 21.3. The maximum absolute atomic E-state index is 16.6. The van der Waals surface area contributed by atoms with Crippen LogP contribution in [0.15, 0.2) is 30.5 Å². The molecule has 4 saturated heterocycles. The van der Waals surface area contributed by atoms with Crippen LogP contribution in [0.1, 0.15) is 97.0 Å². The molecule has 61 heavy (non-hydrogen) atoms. The van der Waals surface area contributed by atoms with Gasteiger partial charge in [0.1, 0.15) is 34.8 Å². The van der Waals surface area contributed by atoms with Crippen molar-refractivity contribution in [1.29, 1.82) is 0 Å². The number of ether oxygens (including phenoxy) is 3. The van der Waals surface area contributed by atoms with Gasteiger partial charge in [-0.25, -0.2) is 18.0 Å². The Hall–Kier alpha value is -5.36. The van der Waals surface area contributed by atoms with Gasteiger partial charge in [-0.05, 0) is 75.1 Å². The number of benzene rings is 2. The number of amides is 1. The molecule has 6 heterocycles. The summed E-state index contributed by atoms with van der Waals surface area (Å²) in [4.78, 5) is 45.6. The third-order valence-corrected chi connectivity index (χ3v) is 12.4. The fraction of sp³-hybridized carbons (Fsp3) is 0.543. The first kappa shape index (κ1) is 43.7. The zero-order valence-electron chi connectivity index (χ0n) is 35.3. The molecular formula is C46H55F3N6O6. The van der Waals surface area contributed by atoms with Gasteiger partial charge in [-0.15, -0.1) is 6.42 Å². The topological polar surface area (TPSA) is 130 Å². The van der Waals surface area contributed by atoms with Crippen molar-refractivity contribution >= 4 is 39.6 Å². The van der Waals surface area contributed by atoms with Crippen molar-refractivity contribution < 1.29 is 42.1 Å². The number of carbonyl (C=O) groups excluding carboxylic acids is 2. The van der Waals surface area contributed by atoms with Gasteiger partial charge >= 0.3 is 18.1 Å². The summed E-state index contributed by atoms with van der Waals surface area (Å²) in [5.41, 5.74) is -0.268. The molecule has 0 saturated carbocycles. The summed E-state index contributed by atoms with van der Waals surface area (Å²) in [6.07, 6.45) is 15.0. The van der Waals surface area contributed by atoms with E-state index >= 15 is 4.39 Å². The Bertz CT molecular complexity index is 2260. The monoisotopic (exact) mass is 844 g/mol. The fourth-order valence-electron chi connectivity index (χ4n) is 9.46. The lowest BCUT2D eigenvalue weighted by molar-refractivity contribution is -0.172. The van der Waals surface area contributed by atoms with Gasteiger partial charge in [0.2, 0.25) is 6.29 Å². The van der Waals surface area contributed by atoms with Crippen molar-refractivity contribution in [2.45, 2.75) is 122 Å². The molecule has 15 heteroatoms. The van der Waals surface area contributed by atoms with Crippen LogP contribution in [-0.2, 0) is 14.3 Å². The zero-order valence-corrected chi connectivity index (χ0v) is 35.3. The Kier molecular flexibility index (Phi) is 13.7. The molecule has 326 valence electrons. The number of alkyl halides is 1. The minimum absolute atomic E-state index is 0.0858. The van der Waals surface area contributed by atoms with Gasteiger partial charge in [0.15, 0.2) is 5.82 Å². The molecule has 5 atom stereocenters. The molecule has 1 amide bonds. The molecule has 0 radical (unpaired) electrons. The van der Waals surface area contributed by atoms with Crippen molar-refractivity contribution in [2.24, 2.45) is 5.92 Å². The van der Waals surface area contributed by atoms with E-state index in [2.05, 4.69) is 39.6 Å². The number of halogens is 3. The van der Waals surface area contributed by atoms with Gasteiger partial charge in [0.25, 0.3) is 0 Å². The first-order valence-electron chi connectivity index (χ1n) is 21.6. The van der Waals surface area contributed by atoms with Crippen molar-refractivity contribution in [1.82, 2.24) is 24.8 Å². The lowest BCUT2D eigenvalue weighted by atomic mass is 9.96. The summed E-state index contributed by atoms with van der Waals surface area (Å²) in [5.74, 6) is 0.462. The number of rotatable bonds is 12. The number of piperazine rings is 1. The van der Waals surface area contributed by atoms with Crippen LogP contribution < -0.4 is 9.64 Å². The van der Waals surface area contributed by atoms with E-state index in [1.807, 2.05) is 4.90 Å². The van der Waals surface area contributed by atoms with Gasteiger partial charge in [-0.3, -0.25) is 19.6 Å². The molecule has 2 bridgehead atoms. The number of phenols is 1. The number of carbonyl (C=O) groups is 2. The number of anilines is 1. The Labute approximate surface area is 354 Å². The van der Waals surface area contributed by atoms with E-state index in [4.69, 9.17) is 20.6 Å². The molecule has 8 rings (SSSR count). The lowest BCUT2D eigenvalue weighted by Crippen LogP contribution is -2.56. The smallest absolute Gasteiger partial charge is 0.413 e. The highest BCUT2D eigenvalue weighted by molar-refractivity contribution is 6.03. The van der Waals surface area contributed by atoms with Crippen molar-refractivity contribution in [3.8, 4) is 35.4 Å². The number of fused-ring (bicyclic) bond motifs is 5. The quantitative estimate of drug-likeness (QED) is 0.0835. The predicted molar refractivity (Wildman–Crippen MR) is 226 cm³/mol. The second kappa shape index (κ2) is 19.1. The summed E-state index contributed by atoms with van der Waals surface area (Å²) in [7, 11) is 1.37. The van der Waals surface area contributed by atoms with Crippen LogP contribution in [0.4, 0.5) is 23.8 Å². The van der Waals surface area contributed by atoms with Crippen molar-refractivity contribution in [3.05, 3.63) is 47.7 Å². The Balaban J connectivity index is 0.000000547. The molecule has 4 aliphatic rings. The third kappa shape index (κ3) is 9.29. The number of unbranched alkanes of at least 4 members (excludes halogenated alkanes) is 2. The molecule has 4 unspecified atom stereocenters. The number of esters is 1. The molecular weight excluding hydrogens is 790 g/mol. The highest BCUT2D eigenvalue weighted by atomic mass is 19.1. The minimum Gasteiger partial charge on any atom is -0.508 e. The Morgan fingerprint density at radius 1 is 1.00 bits per heavy atom. The van der Waals surface area contributed by atoms with E-state index in [1.54, 1.807) is 11.8 Å². The van der Waals surface area contributed by atoms with Crippen LogP contribution in [0.3, 0.4) is 0 Å². The van der Waals surface area contributed by atoms with Crippen LogP contribution >= 0.6 is 0 Å². The number of phenolic OH excluding ortho intramolecular Hbond substituents is 1. The number of hydrogen-bond donors (Lipinski definition) is 1. The SMILES string of the molecule is C#Cc1c(F)ccc2cc(O)cc(-c3ncc4c(N5CC6CCC(C5)N6C(=O)OC(C)OC(=O)C(CCCC)CCCC)nc(OC)nc4c3F)c12.F[C@@H]1CC2CCCN2C1. The van der Waals surface area contributed by atoms with Gasteiger partial charge < -0.3 is 24.2 Å². The molecule has 12 nitrogen and oxygen atoms in total. The number of terminal acetylenes is 1. The molecule has 2 aromatic carbocycles. The zero-order chi connectivity index (χ0) is 43.4. The van der Waals surface area contributed by atoms with Gasteiger partial charge in [-0.1, -0.05) is 51.5 Å². The summed E-state index contributed by atoms with van der Waals surface area (Å²) in [5, 5.41) is 11.4. The van der Waals surface area contributed by atoms with Crippen LogP contribution in [0.5, 0.6) is 11.8 Å². The second-order valence-electron chi connectivity index (χ2n) is 16.6. The Morgan fingerprint density at radius 3 is 2.38 bits per heavy atom. The highest BCUT2D eigenvalue weighted by Crippen LogP contribution is 2.40. The van der Waals surface area contributed by atoms with Gasteiger partial charge in [-0.2, -0.15) is 9.97 Å². The number of methoxy groups -OCH3 is 1. The number of aromatic hydroxyl groups is 1. The summed E-state index contributed by atoms with van der Waals surface area (Å²) >= 11 is 0. The molecule has 4 aliphatic heterocycles.